The average Bonchev–Trinajstić information content (AvgIpc) is 2.36. The first-order valence-electron chi connectivity index (χ1n) is 6.38. The molecule has 1 amide bonds. The number of benzene rings is 1. The lowest BCUT2D eigenvalue weighted by atomic mass is 9.98. The maximum Gasteiger partial charge on any atom is 0.338 e. The number of hydrogen-bond acceptors (Lipinski definition) is 4. The van der Waals surface area contributed by atoms with Gasteiger partial charge in [0.1, 0.15) is 0 Å². The maximum absolute atomic E-state index is 11.0. The highest BCUT2D eigenvalue weighted by molar-refractivity contribution is 6.35. The van der Waals surface area contributed by atoms with Gasteiger partial charge in [-0.25, -0.2) is 4.79 Å². The van der Waals surface area contributed by atoms with Gasteiger partial charge in [-0.2, -0.15) is 0 Å². The number of carbonyl (C=O) groups is 2. The number of hydrogen-bond donors (Lipinski definition) is 1. The Kier molecular flexibility index (Phi) is 6.95. The number of halogens is 2. The molecule has 1 heterocycles. The van der Waals surface area contributed by atoms with Crippen LogP contribution in [0.3, 0.4) is 0 Å². The molecule has 1 aliphatic rings. The van der Waals surface area contributed by atoms with Crippen LogP contribution < -0.4 is 5.32 Å². The monoisotopic (exact) mass is 333 g/mol. The van der Waals surface area contributed by atoms with Gasteiger partial charge in [-0.05, 0) is 32.0 Å². The Balaban J connectivity index is 0.000000211. The van der Waals surface area contributed by atoms with Crippen LogP contribution in [0, 0.1) is 0 Å². The normalized spacial score (nSPS) is 19.6. The second-order valence-electron chi connectivity index (χ2n) is 4.47. The van der Waals surface area contributed by atoms with Crippen molar-refractivity contribution in [2.24, 2.45) is 0 Å². The minimum absolute atomic E-state index is 0.235. The first-order chi connectivity index (χ1) is 9.91. The Bertz CT molecular complexity index is 483. The molecule has 2 rings (SSSR count). The van der Waals surface area contributed by atoms with Gasteiger partial charge in [0.2, 0.25) is 6.41 Å². The highest BCUT2D eigenvalue weighted by Crippen LogP contribution is 2.26. The van der Waals surface area contributed by atoms with Crippen LogP contribution in [-0.2, 0) is 19.1 Å². The Morgan fingerprint density at radius 3 is 2.38 bits per heavy atom. The third-order valence-corrected chi connectivity index (χ3v) is 3.23. The molecule has 1 aliphatic heterocycles. The van der Waals surface area contributed by atoms with Crippen LogP contribution in [0.25, 0.3) is 0 Å². The number of amides is 1. The van der Waals surface area contributed by atoms with Crippen LogP contribution in [0.2, 0.25) is 10.0 Å². The van der Waals surface area contributed by atoms with Crippen molar-refractivity contribution >= 4 is 41.3 Å². The van der Waals surface area contributed by atoms with Gasteiger partial charge >= 0.3 is 5.97 Å². The molecule has 0 saturated carbocycles. The largest absolute Gasteiger partial charge is 0.464 e. The topological polar surface area (TPSA) is 64.6 Å². The lowest BCUT2D eigenvalue weighted by Crippen LogP contribution is -2.48. The van der Waals surface area contributed by atoms with Gasteiger partial charge in [0.05, 0.1) is 13.2 Å². The highest BCUT2D eigenvalue weighted by Gasteiger charge is 2.42. The van der Waals surface area contributed by atoms with Gasteiger partial charge < -0.3 is 14.8 Å². The van der Waals surface area contributed by atoms with E-state index in [1.165, 1.54) is 0 Å². The number of anilines is 1. The van der Waals surface area contributed by atoms with Crippen molar-refractivity contribution in [1.82, 2.24) is 0 Å². The summed E-state index contributed by atoms with van der Waals surface area (Å²) < 4.78 is 9.84. The zero-order valence-electron chi connectivity index (χ0n) is 11.8. The predicted molar refractivity (Wildman–Crippen MR) is 81.8 cm³/mol. The third-order valence-electron chi connectivity index (χ3n) is 2.80. The lowest BCUT2D eigenvalue weighted by molar-refractivity contribution is -0.194. The summed E-state index contributed by atoms with van der Waals surface area (Å²) >= 11 is 11.3. The van der Waals surface area contributed by atoms with Crippen LogP contribution in [0.5, 0.6) is 0 Å². The summed E-state index contributed by atoms with van der Waals surface area (Å²) in [4.78, 5) is 21.0. The van der Waals surface area contributed by atoms with E-state index in [1.807, 2.05) is 0 Å². The molecule has 1 fully saturated rings. The van der Waals surface area contributed by atoms with Crippen molar-refractivity contribution < 1.29 is 19.1 Å². The second kappa shape index (κ2) is 8.22. The van der Waals surface area contributed by atoms with E-state index in [-0.39, 0.29) is 5.97 Å². The molecule has 0 spiro atoms. The molecule has 1 N–H and O–H groups in total. The molecule has 1 saturated heterocycles. The van der Waals surface area contributed by atoms with Crippen LogP contribution in [-0.4, -0.2) is 31.2 Å². The van der Waals surface area contributed by atoms with E-state index >= 15 is 0 Å². The van der Waals surface area contributed by atoms with Crippen LogP contribution >= 0.6 is 23.2 Å². The molecule has 0 bridgehead atoms. The molecule has 0 radical (unpaired) electrons. The number of ether oxygens (including phenoxy) is 2. The highest BCUT2D eigenvalue weighted by atomic mass is 35.5. The lowest BCUT2D eigenvalue weighted by Gasteiger charge is -2.35. The Morgan fingerprint density at radius 2 is 2.00 bits per heavy atom. The Hall–Kier alpha value is -1.30. The zero-order valence-corrected chi connectivity index (χ0v) is 13.3. The maximum atomic E-state index is 11.0. The first kappa shape index (κ1) is 17.8. The summed E-state index contributed by atoms with van der Waals surface area (Å²) in [5, 5.41) is 3.44. The molecule has 0 aliphatic carbocycles. The molecular formula is C14H17Cl2NO4. The summed E-state index contributed by atoms with van der Waals surface area (Å²) in [6.45, 7) is 4.65. The molecule has 116 valence electrons. The van der Waals surface area contributed by atoms with Gasteiger partial charge in [0.25, 0.3) is 0 Å². The van der Waals surface area contributed by atoms with Crippen molar-refractivity contribution in [2.75, 3.05) is 18.5 Å². The van der Waals surface area contributed by atoms with Crippen molar-refractivity contribution in [2.45, 2.75) is 25.9 Å². The number of carbonyl (C=O) groups excluding carboxylic acids is 2. The van der Waals surface area contributed by atoms with Gasteiger partial charge in [-0.15, -0.1) is 0 Å². The number of nitrogens with one attached hydrogen (secondary N) is 1. The second-order valence-corrected chi connectivity index (χ2v) is 5.34. The Labute approximate surface area is 133 Å². The van der Waals surface area contributed by atoms with Gasteiger partial charge in [-0.3, -0.25) is 4.79 Å². The first-order valence-corrected chi connectivity index (χ1v) is 7.14. The molecule has 1 atom stereocenters. The molecule has 21 heavy (non-hydrogen) atoms. The van der Waals surface area contributed by atoms with Crippen molar-refractivity contribution in [1.29, 1.82) is 0 Å². The molecule has 7 heteroatoms. The van der Waals surface area contributed by atoms with Crippen LogP contribution in [0.15, 0.2) is 18.2 Å². The van der Waals surface area contributed by atoms with Crippen molar-refractivity contribution in [3.63, 3.8) is 0 Å². The summed E-state index contributed by atoms with van der Waals surface area (Å²) in [6.07, 6.45) is 1.35. The molecular weight excluding hydrogens is 317 g/mol. The van der Waals surface area contributed by atoms with E-state index in [1.54, 1.807) is 32.0 Å². The predicted octanol–water partition coefficient (Wildman–Crippen LogP) is 3.29. The quantitative estimate of drug-likeness (QED) is 0.678. The molecule has 1 unspecified atom stereocenters. The molecule has 1 aromatic carbocycles. The summed E-state index contributed by atoms with van der Waals surface area (Å²) in [5.41, 5.74) is -0.0341. The number of rotatable bonds is 4. The SMILES string of the molecule is CCOC(=O)C1(C)CCO1.O=CNc1cc(Cl)cc(Cl)c1. The van der Waals surface area contributed by atoms with E-state index in [2.05, 4.69) is 5.32 Å². The number of esters is 1. The third kappa shape index (κ3) is 5.53. The van der Waals surface area contributed by atoms with E-state index in [0.29, 0.717) is 35.4 Å². The van der Waals surface area contributed by atoms with Gasteiger partial charge in [-0.1, -0.05) is 23.2 Å². The van der Waals surface area contributed by atoms with E-state index < -0.39 is 5.60 Å². The fourth-order valence-corrected chi connectivity index (χ4v) is 2.08. The van der Waals surface area contributed by atoms with Crippen molar-refractivity contribution in [3.05, 3.63) is 28.2 Å². The molecule has 1 aromatic rings. The Morgan fingerprint density at radius 1 is 1.43 bits per heavy atom. The molecule has 0 aromatic heterocycles. The standard InChI is InChI=1S/C7H5Cl2NO.C7H12O3/c8-5-1-6(9)3-7(2-5)10-4-11;1-3-9-6(8)7(2)4-5-10-7/h1-4H,(H,10,11);3-5H2,1-2H3. The summed E-state index contributed by atoms with van der Waals surface area (Å²) in [7, 11) is 0. The summed E-state index contributed by atoms with van der Waals surface area (Å²) in [5.74, 6) is -0.235. The zero-order chi connectivity index (χ0) is 15.9. The van der Waals surface area contributed by atoms with E-state index in [4.69, 9.17) is 32.7 Å². The van der Waals surface area contributed by atoms with E-state index in [0.717, 1.165) is 6.42 Å². The smallest absolute Gasteiger partial charge is 0.338 e. The van der Waals surface area contributed by atoms with Gasteiger partial charge in [0.15, 0.2) is 5.60 Å². The summed E-state index contributed by atoms with van der Waals surface area (Å²) in [6, 6.07) is 4.82. The van der Waals surface area contributed by atoms with Crippen LogP contribution in [0.1, 0.15) is 20.3 Å². The van der Waals surface area contributed by atoms with E-state index in [9.17, 15) is 9.59 Å². The fraction of sp³-hybridized carbons (Fsp3) is 0.429. The van der Waals surface area contributed by atoms with Crippen LogP contribution in [0.4, 0.5) is 5.69 Å². The minimum Gasteiger partial charge on any atom is -0.464 e. The molecule has 5 nitrogen and oxygen atoms in total. The van der Waals surface area contributed by atoms with Gasteiger partial charge in [0, 0.05) is 22.2 Å². The van der Waals surface area contributed by atoms with Crippen molar-refractivity contribution in [3.8, 4) is 0 Å². The fourth-order valence-electron chi connectivity index (χ4n) is 1.56. The average molecular weight is 334 g/mol. The minimum atomic E-state index is -0.629.